The number of halogens is 10. The second-order valence-electron chi connectivity index (χ2n) is 4.44. The molecule has 1 saturated heterocycles. The fourth-order valence-electron chi connectivity index (χ4n) is 1.90. The molecule has 1 unspecified atom stereocenters. The van der Waals surface area contributed by atoms with Crippen molar-refractivity contribution < 1.29 is 0 Å². The second kappa shape index (κ2) is 6.84. The highest BCUT2D eigenvalue weighted by Gasteiger charge is 2.72. The average molecular weight is 567 g/mol. The van der Waals surface area contributed by atoms with Gasteiger partial charge in [-0.3, -0.25) is 0 Å². The Morgan fingerprint density at radius 2 is 1.37 bits per heavy atom. The Bertz CT molecular complexity index is 352. The van der Waals surface area contributed by atoms with Crippen LogP contribution in [0.5, 0.6) is 0 Å². The van der Waals surface area contributed by atoms with E-state index in [0.29, 0.717) is 0 Å². The van der Waals surface area contributed by atoms with Gasteiger partial charge in [-0.25, -0.2) is 0 Å². The summed E-state index contributed by atoms with van der Waals surface area (Å²) in [6.45, 7) is 0. The zero-order valence-electron chi connectivity index (χ0n) is 9.11. The van der Waals surface area contributed by atoms with Crippen LogP contribution in [0.3, 0.4) is 0 Å². The Kier molecular flexibility index (Phi) is 7.65. The summed E-state index contributed by atoms with van der Waals surface area (Å²) in [6, 6.07) is 1.74. The van der Waals surface area contributed by atoms with Crippen LogP contribution in [-0.2, 0) is 0 Å². The highest BCUT2D eigenvalue weighted by atomic mass is 35.9. The number of rotatable bonds is 4. The monoisotopic (exact) mass is 562 g/mol. The lowest BCUT2D eigenvalue weighted by Gasteiger charge is -2.38. The van der Waals surface area contributed by atoms with Crippen LogP contribution in [0.4, 0.5) is 0 Å². The molecule has 16 heteroatoms. The third-order valence-corrected chi connectivity index (χ3v) is 114. The Hall–Kier alpha value is 4.20. The van der Waals surface area contributed by atoms with Gasteiger partial charge < -0.3 is 0 Å². The van der Waals surface area contributed by atoms with Crippen molar-refractivity contribution in [1.29, 1.82) is 0 Å². The molecule has 0 aliphatic carbocycles. The van der Waals surface area contributed by atoms with Crippen molar-refractivity contribution in [3.63, 3.8) is 0 Å². The molecular weight excluding hydrogens is 559 g/mol. The van der Waals surface area contributed by atoms with Crippen molar-refractivity contribution in [3.05, 3.63) is 0 Å². The molecule has 0 spiro atoms. The molecule has 0 N–H and O–H groups in total. The van der Waals surface area contributed by atoms with Gasteiger partial charge in [0.1, 0.15) is 0 Å². The van der Waals surface area contributed by atoms with Crippen LogP contribution in [0.25, 0.3) is 0 Å². The topological polar surface area (TPSA) is 0 Å². The van der Waals surface area contributed by atoms with Crippen molar-refractivity contribution in [2.24, 2.45) is 0 Å². The molecule has 0 nitrogen and oxygen atoms in total. The Balaban J connectivity index is 3.06. The minimum absolute atomic E-state index is 0.145. The summed E-state index contributed by atoms with van der Waals surface area (Å²) in [5.74, 6) is -2.57. The lowest BCUT2D eigenvalue weighted by atomic mass is 11.0. The lowest BCUT2D eigenvalue weighted by molar-refractivity contribution is 1.45. The molecule has 19 heavy (non-hydrogen) atoms. The molecule has 1 rings (SSSR count). The van der Waals surface area contributed by atoms with Crippen molar-refractivity contribution >= 4 is 150 Å². The quantitative estimate of drug-likeness (QED) is 0.313. The van der Waals surface area contributed by atoms with E-state index in [2.05, 4.69) is 0 Å². The van der Waals surface area contributed by atoms with E-state index in [4.69, 9.17) is 111 Å². The summed E-state index contributed by atoms with van der Waals surface area (Å²) in [6.07, 6.45) is -8.74. The van der Waals surface area contributed by atoms with Gasteiger partial charge in [-0.2, -0.15) is 11.1 Å². The predicted molar refractivity (Wildman–Crippen MR) is 110 cm³/mol. The van der Waals surface area contributed by atoms with E-state index in [9.17, 15) is 0 Å². The SMILES string of the molecule is Cl[Si](Cl)(Cl)[Si](Cl)(Cl)C[Si](Cl)(Cl)[Si]1(Cl)[SiH2]CC[Si]1(Cl)Cl. The summed E-state index contributed by atoms with van der Waals surface area (Å²) in [4.78, 5) is 0. The van der Waals surface area contributed by atoms with Gasteiger partial charge in [-0.1, -0.05) is 6.04 Å². The van der Waals surface area contributed by atoms with E-state index in [1.54, 1.807) is 0 Å². The second-order valence-corrected chi connectivity index (χ2v) is 73.8. The molecule has 1 aliphatic rings. The zero-order valence-corrected chi connectivity index (χ0v) is 23.1. The van der Waals surface area contributed by atoms with Crippen molar-refractivity contribution in [1.82, 2.24) is 0 Å². The highest BCUT2D eigenvalue weighted by molar-refractivity contribution is 8.18. The Morgan fingerprint density at radius 1 is 0.895 bits per heavy atom. The van der Waals surface area contributed by atoms with Crippen LogP contribution in [-0.4, -0.2) is 39.1 Å². The summed E-state index contributed by atoms with van der Waals surface area (Å²) in [5, 5.41) is 0. The van der Waals surface area contributed by atoms with E-state index >= 15 is 0 Å². The van der Waals surface area contributed by atoms with Crippen molar-refractivity contribution in [2.45, 2.75) is 17.8 Å². The van der Waals surface area contributed by atoms with Crippen molar-refractivity contribution in [3.8, 4) is 0 Å². The molecule has 1 atom stereocenters. The van der Waals surface area contributed by atoms with Gasteiger partial charge in [0.25, 0.3) is 18.6 Å². The summed E-state index contributed by atoms with van der Waals surface area (Å²) in [7, 11) is -0.669. The van der Waals surface area contributed by atoms with Gasteiger partial charge in [0.05, 0.1) is 0 Å². The van der Waals surface area contributed by atoms with Crippen LogP contribution < -0.4 is 0 Å². The first-order chi connectivity index (χ1) is 8.16. The summed E-state index contributed by atoms with van der Waals surface area (Å²) in [5.41, 5.74) is -3.12. The third-order valence-electron chi connectivity index (χ3n) is 3.03. The molecule has 0 aromatic carbocycles. The molecule has 1 heterocycles. The normalized spacial score (nSPS) is 30.0. The maximum atomic E-state index is 6.80. The smallest absolute Gasteiger partial charge is 0.172 e. The molecule has 0 aromatic rings. The van der Waals surface area contributed by atoms with E-state index in [0.717, 1.165) is 12.1 Å². The van der Waals surface area contributed by atoms with Crippen molar-refractivity contribution in [2.75, 3.05) is 0 Å². The van der Waals surface area contributed by atoms with E-state index in [1.165, 1.54) is 0 Å². The van der Waals surface area contributed by atoms with Gasteiger partial charge in [0.2, 0.25) is 0 Å². The van der Waals surface area contributed by atoms with E-state index in [-0.39, 0.29) is 5.67 Å². The van der Waals surface area contributed by atoms with Gasteiger partial charge in [-0.15, -0.1) is 99.7 Å². The summed E-state index contributed by atoms with van der Waals surface area (Å²) < 4.78 is 0. The average Bonchev–Trinajstić information content (AvgIpc) is 2.38. The largest absolute Gasteiger partial charge is 0.358 e. The lowest BCUT2D eigenvalue weighted by Crippen LogP contribution is -2.69. The van der Waals surface area contributed by atoms with Crippen LogP contribution >= 0.6 is 111 Å². The number of hydrogen-bond donors (Lipinski definition) is 0. The van der Waals surface area contributed by atoms with Gasteiger partial charge >= 0.3 is 5.52 Å². The molecule has 114 valence electrons. The molecular formula is C3H8Cl10Si6. The van der Waals surface area contributed by atoms with Crippen LogP contribution in [0.15, 0.2) is 0 Å². The fraction of sp³-hybridized carbons (Fsp3) is 1.00. The minimum Gasteiger partial charge on any atom is -0.172 e. The number of hydrogen-bond acceptors (Lipinski definition) is 0. The van der Waals surface area contributed by atoms with Crippen LogP contribution in [0.2, 0.25) is 17.8 Å². The van der Waals surface area contributed by atoms with Gasteiger partial charge in [-0.05, 0) is 11.7 Å². The molecule has 0 aromatic heterocycles. The molecule has 0 saturated carbocycles. The molecule has 0 amide bonds. The van der Waals surface area contributed by atoms with Gasteiger partial charge in [0.15, 0.2) is 5.94 Å². The molecule has 0 bridgehead atoms. The minimum atomic E-state index is -3.26. The summed E-state index contributed by atoms with van der Waals surface area (Å²) >= 11 is 63.4. The Morgan fingerprint density at radius 3 is 1.68 bits per heavy atom. The van der Waals surface area contributed by atoms with Crippen LogP contribution in [0.1, 0.15) is 0 Å². The van der Waals surface area contributed by atoms with E-state index in [1.807, 2.05) is 0 Å². The van der Waals surface area contributed by atoms with Gasteiger partial charge in [0, 0.05) is 9.04 Å². The first kappa shape index (κ1) is 21.2. The van der Waals surface area contributed by atoms with E-state index < -0.39 is 39.1 Å². The third kappa shape index (κ3) is 4.43. The first-order valence-corrected chi connectivity index (χ1v) is 32.1. The standard InChI is InChI=1S/C3H8Cl10Si6/c4-15(5)2-1-14-19(15,13)17(8,9)3-16(6,7)18(10,11)12/h1-3,14H2. The molecule has 1 fully saturated rings. The molecule has 0 radical (unpaired) electrons. The molecule has 1 aliphatic heterocycles. The highest BCUT2D eigenvalue weighted by Crippen LogP contribution is 2.53. The first-order valence-electron chi connectivity index (χ1n) is 5.05. The fourth-order valence-corrected chi connectivity index (χ4v) is 112. The predicted octanol–water partition coefficient (Wildman–Crippen LogP) is 5.46. The zero-order chi connectivity index (χ0) is 15.3. The maximum absolute atomic E-state index is 6.80. The maximum Gasteiger partial charge on any atom is 0.358 e. The van der Waals surface area contributed by atoms with Crippen LogP contribution in [0, 0.1) is 0 Å². The Labute approximate surface area is 165 Å².